The van der Waals surface area contributed by atoms with Crippen LogP contribution in [0, 0.1) is 0 Å². The van der Waals surface area contributed by atoms with E-state index < -0.39 is 10.1 Å². The van der Waals surface area contributed by atoms with Crippen molar-refractivity contribution in [2.45, 2.75) is 4.90 Å². The number of nitrogens with two attached hydrogens (primary N) is 2. The minimum atomic E-state index is -4.14. The molecule has 0 amide bonds. The molecule has 2 aromatic rings. The van der Waals surface area contributed by atoms with E-state index >= 15 is 0 Å². The van der Waals surface area contributed by atoms with Crippen LogP contribution < -0.4 is 11.5 Å². The van der Waals surface area contributed by atoms with Crippen LogP contribution in [0.3, 0.4) is 0 Å². The predicted molar refractivity (Wildman–Crippen MR) is 67.1 cm³/mol. The summed E-state index contributed by atoms with van der Waals surface area (Å²) in [4.78, 5) is 6.98. The molecule has 7 nitrogen and oxygen atoms in total. The number of rotatable bonds is 1. The molecule has 0 fully saturated rings. The van der Waals surface area contributed by atoms with Crippen molar-refractivity contribution in [1.29, 1.82) is 0 Å². The lowest BCUT2D eigenvalue weighted by molar-refractivity contribution is 0.483. The molecule has 8 heteroatoms. The third-order valence-electron chi connectivity index (χ3n) is 1.74. The first-order valence-electron chi connectivity index (χ1n) is 4.75. The largest absolute Gasteiger partial charge is 0.384 e. The third-order valence-corrected chi connectivity index (χ3v) is 2.58. The molecule has 96 valence electrons. The normalized spacial score (nSPS) is 10.3. The predicted octanol–water partition coefficient (Wildman–Crippen LogP) is 0.574. The van der Waals surface area contributed by atoms with Gasteiger partial charge in [0.1, 0.15) is 16.5 Å². The Kier molecular flexibility index (Phi) is 4.58. The van der Waals surface area contributed by atoms with Crippen molar-refractivity contribution >= 4 is 21.8 Å². The molecule has 18 heavy (non-hydrogen) atoms. The first-order valence-corrected chi connectivity index (χ1v) is 6.19. The Morgan fingerprint density at radius 2 is 1.67 bits per heavy atom. The summed E-state index contributed by atoms with van der Waals surface area (Å²) >= 11 is 0. The van der Waals surface area contributed by atoms with Gasteiger partial charge in [0.15, 0.2) is 0 Å². The summed E-state index contributed by atoms with van der Waals surface area (Å²) in [5, 5.41) is 0. The minimum absolute atomic E-state index is 0.206. The maximum absolute atomic E-state index is 10.4. The van der Waals surface area contributed by atoms with Gasteiger partial charge in [-0.3, -0.25) is 4.55 Å². The van der Waals surface area contributed by atoms with Crippen molar-refractivity contribution in [1.82, 2.24) is 9.97 Å². The van der Waals surface area contributed by atoms with Gasteiger partial charge in [-0.2, -0.15) is 8.42 Å². The highest BCUT2D eigenvalue weighted by molar-refractivity contribution is 7.85. The molecule has 0 aliphatic heterocycles. The first kappa shape index (κ1) is 13.9. The zero-order valence-corrected chi connectivity index (χ0v) is 10.1. The van der Waals surface area contributed by atoms with E-state index in [-0.39, 0.29) is 10.7 Å². The molecule has 0 saturated carbocycles. The SMILES string of the molecule is Nc1ccc(S(=O)(=O)O)cn1.Nc1ccccn1. The Hall–Kier alpha value is -2.19. The van der Waals surface area contributed by atoms with E-state index in [1.807, 2.05) is 12.1 Å². The van der Waals surface area contributed by atoms with Crippen LogP contribution in [-0.2, 0) is 10.1 Å². The fourth-order valence-corrected chi connectivity index (χ4v) is 1.35. The maximum atomic E-state index is 10.4. The van der Waals surface area contributed by atoms with Crippen molar-refractivity contribution in [3.63, 3.8) is 0 Å². The van der Waals surface area contributed by atoms with Gasteiger partial charge >= 0.3 is 0 Å². The summed E-state index contributed by atoms with van der Waals surface area (Å²) in [6, 6.07) is 7.90. The van der Waals surface area contributed by atoms with Gasteiger partial charge in [-0.05, 0) is 24.3 Å². The number of hydrogen-bond acceptors (Lipinski definition) is 6. The number of hydrogen-bond donors (Lipinski definition) is 3. The lowest BCUT2D eigenvalue weighted by Crippen LogP contribution is -1.99. The summed E-state index contributed by atoms with van der Waals surface area (Å²) in [6.07, 6.45) is 2.65. The van der Waals surface area contributed by atoms with Crippen molar-refractivity contribution in [3.05, 3.63) is 42.7 Å². The van der Waals surface area contributed by atoms with Crippen LogP contribution in [-0.4, -0.2) is 22.9 Å². The summed E-state index contributed by atoms with van der Waals surface area (Å²) in [6.45, 7) is 0. The zero-order valence-electron chi connectivity index (χ0n) is 9.26. The highest BCUT2D eigenvalue weighted by atomic mass is 32.2. The monoisotopic (exact) mass is 268 g/mol. The van der Waals surface area contributed by atoms with E-state index in [0.29, 0.717) is 5.82 Å². The van der Waals surface area contributed by atoms with Crippen LogP contribution >= 0.6 is 0 Å². The van der Waals surface area contributed by atoms with Gasteiger partial charge < -0.3 is 11.5 Å². The second-order valence-corrected chi connectivity index (χ2v) is 4.57. The quantitative estimate of drug-likeness (QED) is 0.644. The minimum Gasteiger partial charge on any atom is -0.384 e. The van der Waals surface area contributed by atoms with Gasteiger partial charge in [0.25, 0.3) is 10.1 Å². The molecule has 0 bridgehead atoms. The molecular weight excluding hydrogens is 256 g/mol. The molecule has 0 aromatic carbocycles. The molecule has 2 rings (SSSR count). The number of anilines is 2. The van der Waals surface area contributed by atoms with Crippen LogP contribution in [0.25, 0.3) is 0 Å². The highest BCUT2D eigenvalue weighted by Crippen LogP contribution is 2.06. The lowest BCUT2D eigenvalue weighted by Gasteiger charge is -1.94. The molecule has 0 unspecified atom stereocenters. The number of pyridine rings is 2. The van der Waals surface area contributed by atoms with Crippen molar-refractivity contribution in [2.24, 2.45) is 0 Å². The van der Waals surface area contributed by atoms with Gasteiger partial charge in [-0.1, -0.05) is 6.07 Å². The topological polar surface area (TPSA) is 132 Å². The summed E-state index contributed by atoms with van der Waals surface area (Å²) in [5.74, 6) is 0.778. The second-order valence-electron chi connectivity index (χ2n) is 3.15. The smallest absolute Gasteiger partial charge is 0.296 e. The molecule has 0 atom stereocenters. The molecule has 0 saturated heterocycles. The number of nitrogen functional groups attached to an aromatic ring is 2. The number of nitrogens with zero attached hydrogens (tertiary/aromatic N) is 2. The van der Waals surface area contributed by atoms with Crippen LogP contribution in [0.15, 0.2) is 47.6 Å². The van der Waals surface area contributed by atoms with Gasteiger partial charge in [-0.15, -0.1) is 0 Å². The van der Waals surface area contributed by atoms with Crippen LogP contribution in [0.1, 0.15) is 0 Å². The summed E-state index contributed by atoms with van der Waals surface area (Å²) in [7, 11) is -4.14. The van der Waals surface area contributed by atoms with Crippen LogP contribution in [0.5, 0.6) is 0 Å². The Morgan fingerprint density at radius 3 is 2.00 bits per heavy atom. The van der Waals surface area contributed by atoms with Crippen molar-refractivity contribution in [2.75, 3.05) is 11.5 Å². The average Bonchev–Trinajstić information content (AvgIpc) is 2.30. The van der Waals surface area contributed by atoms with E-state index in [4.69, 9.17) is 16.0 Å². The van der Waals surface area contributed by atoms with Gasteiger partial charge in [0, 0.05) is 6.20 Å². The van der Waals surface area contributed by atoms with Crippen LogP contribution in [0.2, 0.25) is 0 Å². The molecule has 0 radical (unpaired) electrons. The highest BCUT2D eigenvalue weighted by Gasteiger charge is 2.07. The fourth-order valence-electron chi connectivity index (χ4n) is 0.920. The lowest BCUT2D eigenvalue weighted by atomic mass is 10.5. The van der Waals surface area contributed by atoms with Crippen molar-refractivity contribution < 1.29 is 13.0 Å². The maximum Gasteiger partial charge on any atom is 0.296 e. The average molecular weight is 268 g/mol. The first-order chi connectivity index (χ1) is 8.39. The molecule has 0 aliphatic carbocycles. The van der Waals surface area contributed by atoms with E-state index in [1.165, 1.54) is 12.1 Å². The van der Waals surface area contributed by atoms with E-state index in [9.17, 15) is 8.42 Å². The summed E-state index contributed by atoms with van der Waals surface area (Å²) in [5.41, 5.74) is 10.4. The molecule has 2 aromatic heterocycles. The van der Waals surface area contributed by atoms with Gasteiger partial charge in [-0.25, -0.2) is 9.97 Å². The molecule has 2 heterocycles. The fraction of sp³-hybridized carbons (Fsp3) is 0. The second kappa shape index (κ2) is 5.94. The van der Waals surface area contributed by atoms with Crippen molar-refractivity contribution in [3.8, 4) is 0 Å². The zero-order chi connectivity index (χ0) is 13.6. The molecule has 5 N–H and O–H groups in total. The van der Waals surface area contributed by atoms with E-state index in [1.54, 1.807) is 12.3 Å². The number of aromatic nitrogens is 2. The van der Waals surface area contributed by atoms with E-state index in [2.05, 4.69) is 9.97 Å². The third kappa shape index (κ3) is 4.76. The van der Waals surface area contributed by atoms with Gasteiger partial charge in [0.2, 0.25) is 0 Å². The molecule has 0 spiro atoms. The van der Waals surface area contributed by atoms with Crippen LogP contribution in [0.4, 0.5) is 11.6 Å². The Labute approximate surface area is 104 Å². The Bertz CT molecular complexity index is 584. The summed E-state index contributed by atoms with van der Waals surface area (Å²) < 4.78 is 29.3. The molecular formula is C10H12N4O3S. The standard InChI is InChI=1S/C5H6N2O3S.C5H6N2/c6-5-2-1-4(3-7-5)11(8,9)10;6-5-3-1-2-4-7-5/h1-3H,(H2,6,7)(H,8,9,10);1-4H,(H2,6,7). The Balaban J connectivity index is 0.000000199. The van der Waals surface area contributed by atoms with Gasteiger partial charge in [0.05, 0.1) is 6.20 Å². The Morgan fingerprint density at radius 1 is 1.00 bits per heavy atom. The molecule has 0 aliphatic rings. The van der Waals surface area contributed by atoms with E-state index in [0.717, 1.165) is 6.20 Å².